The summed E-state index contributed by atoms with van der Waals surface area (Å²) in [5.74, 6) is 3.44. The van der Waals surface area contributed by atoms with Gasteiger partial charge in [-0.25, -0.2) is 29.9 Å². The zero-order valence-electron chi connectivity index (χ0n) is 74.3. The van der Waals surface area contributed by atoms with Crippen LogP contribution in [0.3, 0.4) is 0 Å². The van der Waals surface area contributed by atoms with Gasteiger partial charge in [0.1, 0.15) is 22.3 Å². The fourth-order valence-electron chi connectivity index (χ4n) is 20.6. The Kier molecular flexibility index (Phi) is 18.7. The predicted octanol–water partition coefficient (Wildman–Crippen LogP) is 32.6. The van der Waals surface area contributed by atoms with Crippen LogP contribution in [0.15, 0.2) is 482 Å². The summed E-state index contributed by atoms with van der Waals surface area (Å²) in [5.41, 5.74) is 31.1. The van der Waals surface area contributed by atoms with E-state index in [4.69, 9.17) is 38.7 Å². The van der Waals surface area contributed by atoms with Crippen molar-refractivity contribution in [2.24, 2.45) is 0 Å². The van der Waals surface area contributed by atoms with Crippen molar-refractivity contribution in [3.63, 3.8) is 0 Å². The molecule has 8 aromatic heterocycles. The highest BCUT2D eigenvalue weighted by Crippen LogP contribution is 2.45. The SMILES string of the molecule is c1ccc(-c2ccc3c(c2)c2ccccc2n3-c2cccc(-c3nc(-c4cccc(-c5ccc6c(c5)c5ccccc5n6-c5ccccc5)c4)nc(-c4ccc5c(c4)oc4ccccc45)n3)c2)cc1.c1ccc(-c2ccc3c(c2)c2ccccc2n3-c2cccc(-c3nc(-c4cccc(-c5ccc6c7ccccc7n(-c7ccccc7)c6c5)c4)nc(-c4ccc5c(c4)oc4ccccc45)n3)c2)cc1. The summed E-state index contributed by atoms with van der Waals surface area (Å²) in [4.78, 5) is 31.6. The number of aromatic nitrogens is 10. The molecular formula is C126H78N10O2. The molecule has 8 heterocycles. The summed E-state index contributed by atoms with van der Waals surface area (Å²) < 4.78 is 22.2. The van der Waals surface area contributed by atoms with Crippen LogP contribution in [0.4, 0.5) is 0 Å². The molecule has 0 radical (unpaired) electrons. The lowest BCUT2D eigenvalue weighted by Gasteiger charge is -2.12. The van der Waals surface area contributed by atoms with E-state index in [9.17, 15) is 0 Å². The van der Waals surface area contributed by atoms with Crippen LogP contribution in [0.25, 0.3) is 267 Å². The second-order valence-corrected chi connectivity index (χ2v) is 35.2. The summed E-state index contributed by atoms with van der Waals surface area (Å²) >= 11 is 0. The Balaban J connectivity index is 0.000000139. The highest BCUT2D eigenvalue weighted by Gasteiger charge is 2.25. The lowest BCUT2D eigenvalue weighted by atomic mass is 10.0. The van der Waals surface area contributed by atoms with Gasteiger partial charge in [-0.15, -0.1) is 0 Å². The van der Waals surface area contributed by atoms with E-state index in [0.29, 0.717) is 34.9 Å². The molecular weight excluding hydrogens is 1690 g/mol. The van der Waals surface area contributed by atoms with Crippen LogP contribution in [0.1, 0.15) is 0 Å². The van der Waals surface area contributed by atoms with Gasteiger partial charge in [-0.3, -0.25) is 0 Å². The van der Waals surface area contributed by atoms with E-state index < -0.39 is 0 Å². The molecule has 28 rings (SSSR count). The first-order chi connectivity index (χ1) is 68.4. The highest BCUT2D eigenvalue weighted by molar-refractivity contribution is 6.15. The average molecular weight is 1760 g/mol. The Bertz CT molecular complexity index is 9740. The van der Waals surface area contributed by atoms with E-state index >= 15 is 0 Å². The predicted molar refractivity (Wildman–Crippen MR) is 566 cm³/mol. The summed E-state index contributed by atoms with van der Waals surface area (Å²) in [6.07, 6.45) is 0. The molecule has 0 aliphatic rings. The first kappa shape index (κ1) is 79.0. The normalized spacial score (nSPS) is 11.8. The molecule has 20 aromatic carbocycles. The number of para-hydroxylation sites is 8. The van der Waals surface area contributed by atoms with Gasteiger partial charge in [0.15, 0.2) is 34.9 Å². The minimum Gasteiger partial charge on any atom is -0.456 e. The number of hydrogen-bond donors (Lipinski definition) is 0. The topological polar surface area (TPSA) is 123 Å². The summed E-state index contributed by atoms with van der Waals surface area (Å²) in [7, 11) is 0. The Hall–Kier alpha value is -18.8. The fourth-order valence-corrected chi connectivity index (χ4v) is 20.6. The van der Waals surface area contributed by atoms with Gasteiger partial charge in [-0.05, 0) is 208 Å². The quantitative estimate of drug-likeness (QED) is 0.105. The molecule has 0 spiro atoms. The lowest BCUT2D eigenvalue weighted by Crippen LogP contribution is -2.01. The number of fused-ring (bicyclic) bond motifs is 18. The molecule has 0 aliphatic heterocycles. The molecule has 0 fully saturated rings. The molecule has 644 valence electrons. The van der Waals surface area contributed by atoms with Crippen molar-refractivity contribution < 1.29 is 8.83 Å². The van der Waals surface area contributed by atoms with Crippen molar-refractivity contribution in [2.75, 3.05) is 0 Å². The van der Waals surface area contributed by atoms with Gasteiger partial charge in [0.05, 0.1) is 44.1 Å². The number of rotatable bonds is 14. The van der Waals surface area contributed by atoms with Crippen molar-refractivity contribution >= 4 is 131 Å². The first-order valence-electron chi connectivity index (χ1n) is 46.5. The van der Waals surface area contributed by atoms with Gasteiger partial charge in [0.2, 0.25) is 0 Å². The third kappa shape index (κ3) is 13.6. The largest absolute Gasteiger partial charge is 0.456 e. The molecule has 0 atom stereocenters. The highest BCUT2D eigenvalue weighted by atomic mass is 16.3. The van der Waals surface area contributed by atoms with E-state index in [2.05, 4.69) is 443 Å². The van der Waals surface area contributed by atoms with Gasteiger partial charge in [-0.1, -0.05) is 309 Å². The molecule has 0 bridgehead atoms. The summed E-state index contributed by atoms with van der Waals surface area (Å²) in [6.45, 7) is 0. The van der Waals surface area contributed by atoms with E-state index in [1.165, 1.54) is 76.4 Å². The molecule has 0 aliphatic carbocycles. The standard InChI is InChI=1S/2C63H39N5O/c1-3-15-40(16-4-1)42-31-34-57-54(37-42)50-24-8-11-27-56(50)68(57)48-22-14-19-45(36-48)62-64-61(65-63(66-62)46-30-33-53-52-25-9-12-28-59(52)69-60(53)39-46)44-18-13-17-41(35-44)43-29-32-51-49-23-7-10-26-55(49)67(58(51)38-43)47-20-5-2-6-21-47;1-3-15-40(16-4-1)42-30-33-58-53(37-42)50-24-8-11-27-56(50)68(58)48-22-14-19-45(36-48)62-64-61(65-63(66-62)46-29-32-52-51-25-9-12-28-59(51)69-60(52)39-46)44-18-13-17-41(35-44)43-31-34-57-54(38-43)49-23-7-10-26-55(49)67(57)47-20-5-2-6-21-47/h2*1-39H. The van der Waals surface area contributed by atoms with E-state index in [-0.39, 0.29) is 0 Å². The van der Waals surface area contributed by atoms with Gasteiger partial charge >= 0.3 is 0 Å². The maximum atomic E-state index is 6.38. The second kappa shape index (κ2) is 32.6. The number of benzene rings is 20. The van der Waals surface area contributed by atoms with Gasteiger partial charge in [0, 0.05) is 121 Å². The van der Waals surface area contributed by atoms with Crippen molar-refractivity contribution in [1.29, 1.82) is 0 Å². The van der Waals surface area contributed by atoms with Crippen molar-refractivity contribution in [1.82, 2.24) is 48.2 Å². The zero-order valence-corrected chi connectivity index (χ0v) is 74.3. The Labute approximate surface area is 791 Å². The van der Waals surface area contributed by atoms with Gasteiger partial charge in [-0.2, -0.15) is 0 Å². The maximum Gasteiger partial charge on any atom is 0.164 e. The number of furan rings is 2. The van der Waals surface area contributed by atoms with Crippen LogP contribution >= 0.6 is 0 Å². The Morgan fingerprint density at radius 2 is 0.355 bits per heavy atom. The first-order valence-corrected chi connectivity index (χ1v) is 46.5. The molecule has 0 N–H and O–H groups in total. The van der Waals surface area contributed by atoms with Crippen LogP contribution in [-0.2, 0) is 0 Å². The van der Waals surface area contributed by atoms with E-state index in [1.807, 2.05) is 48.5 Å². The smallest absolute Gasteiger partial charge is 0.164 e. The Morgan fingerprint density at radius 1 is 0.123 bits per heavy atom. The van der Waals surface area contributed by atoms with Gasteiger partial charge in [0.25, 0.3) is 0 Å². The zero-order chi connectivity index (χ0) is 90.8. The Morgan fingerprint density at radius 3 is 0.754 bits per heavy atom. The molecule has 0 amide bonds. The van der Waals surface area contributed by atoms with Crippen molar-refractivity contribution in [3.05, 3.63) is 473 Å². The van der Waals surface area contributed by atoms with E-state index in [0.717, 1.165) is 155 Å². The lowest BCUT2D eigenvalue weighted by molar-refractivity contribution is 0.668. The van der Waals surface area contributed by atoms with Crippen LogP contribution in [-0.4, -0.2) is 48.2 Å². The van der Waals surface area contributed by atoms with Crippen LogP contribution in [0, 0.1) is 0 Å². The number of hydrogen-bond acceptors (Lipinski definition) is 8. The summed E-state index contributed by atoms with van der Waals surface area (Å²) in [6, 6.07) is 167. The molecule has 12 nitrogen and oxygen atoms in total. The summed E-state index contributed by atoms with van der Waals surface area (Å²) in [5, 5.41) is 13.9. The fraction of sp³-hybridized carbons (Fsp3) is 0. The van der Waals surface area contributed by atoms with Crippen LogP contribution in [0.2, 0.25) is 0 Å². The van der Waals surface area contributed by atoms with Gasteiger partial charge < -0.3 is 27.1 Å². The minimum atomic E-state index is 0.562. The minimum absolute atomic E-state index is 0.562. The molecule has 28 aromatic rings. The molecule has 12 heteroatoms. The monoisotopic (exact) mass is 1760 g/mol. The van der Waals surface area contributed by atoms with E-state index in [1.54, 1.807) is 0 Å². The van der Waals surface area contributed by atoms with Crippen LogP contribution < -0.4 is 0 Å². The van der Waals surface area contributed by atoms with Crippen molar-refractivity contribution in [2.45, 2.75) is 0 Å². The average Bonchev–Trinajstić information content (AvgIpc) is 1.59. The number of nitrogens with zero attached hydrogens (tertiary/aromatic N) is 10. The van der Waals surface area contributed by atoms with Crippen molar-refractivity contribution in [3.8, 4) is 136 Å². The second-order valence-electron chi connectivity index (χ2n) is 35.2. The third-order valence-corrected chi connectivity index (χ3v) is 27.1. The molecule has 138 heavy (non-hydrogen) atoms. The molecule has 0 saturated heterocycles. The molecule has 0 saturated carbocycles. The molecule has 0 unspecified atom stereocenters. The third-order valence-electron chi connectivity index (χ3n) is 27.1. The van der Waals surface area contributed by atoms with Crippen LogP contribution in [0.5, 0.6) is 0 Å². The maximum absolute atomic E-state index is 6.38.